The molecular weight excluding hydrogens is 272 g/mol. The molecule has 4 rings (SSSR count). The Kier molecular flexibility index (Phi) is 2.76. The van der Waals surface area contributed by atoms with Gasteiger partial charge in [-0.05, 0) is 16.8 Å². The molecule has 0 saturated carbocycles. The van der Waals surface area contributed by atoms with Crippen molar-refractivity contribution in [2.75, 3.05) is 0 Å². The van der Waals surface area contributed by atoms with Gasteiger partial charge in [-0.2, -0.15) is 0 Å². The molecule has 104 valence electrons. The third kappa shape index (κ3) is 1.81. The van der Waals surface area contributed by atoms with E-state index in [-0.39, 0.29) is 11.2 Å². The monoisotopic (exact) mass is 284 g/mol. The van der Waals surface area contributed by atoms with Crippen molar-refractivity contribution >= 4 is 33.4 Å². The summed E-state index contributed by atoms with van der Waals surface area (Å²) in [4.78, 5) is 25.0. The molecule has 4 aromatic carbocycles. The zero-order valence-corrected chi connectivity index (χ0v) is 11.7. The predicted octanol–water partition coefficient (Wildman–Crippen LogP) is 3.17. The summed E-state index contributed by atoms with van der Waals surface area (Å²) in [5.74, 6) is -0.145. The minimum Gasteiger partial charge on any atom is -0.289 e. The summed E-state index contributed by atoms with van der Waals surface area (Å²) in [6, 6.07) is 20.5. The highest BCUT2D eigenvalue weighted by Crippen LogP contribution is 2.22. The van der Waals surface area contributed by atoms with Gasteiger partial charge in [0.15, 0.2) is 11.2 Å². The minimum absolute atomic E-state index is 0.0731. The standard InChI is InChI=1S/C20H12O2/c21-18(13-6-2-1-3-7-13)12-17-15-10-4-8-14-9-5-11-16(19(14)15)20(17)22/h1-12H. The fourth-order valence-corrected chi connectivity index (χ4v) is 2.98. The van der Waals surface area contributed by atoms with Gasteiger partial charge in [-0.25, -0.2) is 0 Å². The molecule has 4 aromatic rings. The lowest BCUT2D eigenvalue weighted by Crippen LogP contribution is -2.21. The molecule has 0 aliphatic heterocycles. The third-order valence-electron chi connectivity index (χ3n) is 4.02. The normalized spacial score (nSPS) is 12.3. The topological polar surface area (TPSA) is 34.1 Å². The van der Waals surface area contributed by atoms with Crippen molar-refractivity contribution in [3.63, 3.8) is 0 Å². The fraction of sp³-hybridized carbons (Fsp3) is 0. The van der Waals surface area contributed by atoms with E-state index in [0.29, 0.717) is 16.2 Å². The van der Waals surface area contributed by atoms with Crippen molar-refractivity contribution in [2.45, 2.75) is 0 Å². The van der Waals surface area contributed by atoms with E-state index >= 15 is 0 Å². The van der Waals surface area contributed by atoms with Crippen molar-refractivity contribution in [3.8, 4) is 0 Å². The van der Waals surface area contributed by atoms with Crippen LogP contribution in [0.25, 0.3) is 27.6 Å². The van der Waals surface area contributed by atoms with Gasteiger partial charge >= 0.3 is 0 Å². The lowest BCUT2D eigenvalue weighted by molar-refractivity contribution is 0.106. The number of rotatable bonds is 2. The molecule has 22 heavy (non-hydrogen) atoms. The van der Waals surface area contributed by atoms with Gasteiger partial charge in [0.25, 0.3) is 0 Å². The molecule has 0 N–H and O–H groups in total. The van der Waals surface area contributed by atoms with Crippen LogP contribution in [0, 0.1) is 0 Å². The molecule has 2 nitrogen and oxygen atoms in total. The maximum atomic E-state index is 12.6. The molecule has 2 heteroatoms. The van der Waals surface area contributed by atoms with E-state index < -0.39 is 0 Å². The Hall–Kier alpha value is -3.00. The van der Waals surface area contributed by atoms with Crippen LogP contribution >= 0.6 is 0 Å². The summed E-state index contributed by atoms with van der Waals surface area (Å²) < 4.78 is 0. The van der Waals surface area contributed by atoms with Crippen molar-refractivity contribution < 1.29 is 4.79 Å². The molecule has 0 bridgehead atoms. The zero-order valence-electron chi connectivity index (χ0n) is 11.7. The van der Waals surface area contributed by atoms with Gasteiger partial charge < -0.3 is 0 Å². The number of hydrogen-bond donors (Lipinski definition) is 0. The Bertz CT molecular complexity index is 1090. The Labute approximate surface area is 126 Å². The smallest absolute Gasteiger partial charge is 0.194 e. The molecular formula is C20H12O2. The number of carbonyl (C=O) groups excluding carboxylic acids is 1. The fourth-order valence-electron chi connectivity index (χ4n) is 2.98. The summed E-state index contributed by atoms with van der Waals surface area (Å²) in [5, 5.41) is 3.99. The Morgan fingerprint density at radius 3 is 2.18 bits per heavy atom. The van der Waals surface area contributed by atoms with Crippen LogP contribution < -0.4 is 10.6 Å². The molecule has 0 saturated heterocycles. The number of Topliss-reactive ketones (excluding diaryl/α,β-unsaturated/α-hetero) is 1. The quantitative estimate of drug-likeness (QED) is 0.530. The van der Waals surface area contributed by atoms with Crippen LogP contribution in [-0.4, -0.2) is 5.78 Å². The van der Waals surface area contributed by atoms with E-state index in [9.17, 15) is 9.59 Å². The van der Waals surface area contributed by atoms with Crippen molar-refractivity contribution in [3.05, 3.63) is 87.7 Å². The molecule has 0 heterocycles. The second kappa shape index (κ2) is 4.78. The first-order valence-corrected chi connectivity index (χ1v) is 7.13. The Morgan fingerprint density at radius 1 is 0.773 bits per heavy atom. The predicted molar refractivity (Wildman–Crippen MR) is 89.4 cm³/mol. The Balaban J connectivity index is 2.06. The van der Waals surface area contributed by atoms with Gasteiger partial charge in [-0.3, -0.25) is 9.59 Å². The molecule has 0 aromatic heterocycles. The second-order valence-electron chi connectivity index (χ2n) is 5.33. The van der Waals surface area contributed by atoms with Crippen LogP contribution in [0.3, 0.4) is 0 Å². The number of hydrogen-bond acceptors (Lipinski definition) is 2. The average Bonchev–Trinajstić information content (AvgIpc) is 2.84. The van der Waals surface area contributed by atoms with Gasteiger partial charge in [0.2, 0.25) is 0 Å². The summed E-state index contributed by atoms with van der Waals surface area (Å²) in [6.45, 7) is 0. The molecule has 0 fully saturated rings. The molecule has 0 amide bonds. The van der Waals surface area contributed by atoms with Crippen LogP contribution in [0.5, 0.6) is 0 Å². The maximum Gasteiger partial charge on any atom is 0.194 e. The van der Waals surface area contributed by atoms with Crippen LogP contribution in [-0.2, 0) is 0 Å². The van der Waals surface area contributed by atoms with Crippen LogP contribution in [0.1, 0.15) is 10.4 Å². The highest BCUT2D eigenvalue weighted by molar-refractivity contribution is 6.20. The van der Waals surface area contributed by atoms with Gasteiger partial charge in [0, 0.05) is 21.6 Å². The van der Waals surface area contributed by atoms with E-state index in [1.807, 2.05) is 54.6 Å². The number of ketones is 1. The largest absolute Gasteiger partial charge is 0.289 e. The maximum absolute atomic E-state index is 12.6. The minimum atomic E-state index is -0.145. The van der Waals surface area contributed by atoms with E-state index in [1.54, 1.807) is 12.1 Å². The van der Waals surface area contributed by atoms with Crippen LogP contribution in [0.15, 0.2) is 71.5 Å². The Morgan fingerprint density at radius 2 is 1.45 bits per heavy atom. The molecule has 0 unspecified atom stereocenters. The molecule has 0 radical (unpaired) electrons. The first kappa shape index (κ1) is 12.7. The van der Waals surface area contributed by atoms with Crippen LogP contribution in [0.4, 0.5) is 0 Å². The average molecular weight is 284 g/mol. The first-order chi connectivity index (χ1) is 10.8. The highest BCUT2D eigenvalue weighted by Gasteiger charge is 2.11. The van der Waals surface area contributed by atoms with E-state index in [1.165, 1.54) is 6.08 Å². The SMILES string of the molecule is O=C(C=c1c(=O)c2cccc3cccc1c32)c1ccccc1. The summed E-state index contributed by atoms with van der Waals surface area (Å²) in [6.07, 6.45) is 1.46. The lowest BCUT2D eigenvalue weighted by atomic mass is 10.1. The summed E-state index contributed by atoms with van der Waals surface area (Å²) >= 11 is 0. The zero-order chi connectivity index (χ0) is 15.1. The highest BCUT2D eigenvalue weighted by atomic mass is 16.1. The molecule has 0 spiro atoms. The van der Waals surface area contributed by atoms with E-state index in [2.05, 4.69) is 0 Å². The van der Waals surface area contributed by atoms with E-state index in [4.69, 9.17) is 0 Å². The third-order valence-corrected chi connectivity index (χ3v) is 4.02. The van der Waals surface area contributed by atoms with Crippen molar-refractivity contribution in [1.29, 1.82) is 0 Å². The summed E-state index contributed by atoms with van der Waals surface area (Å²) in [7, 11) is 0. The lowest BCUT2D eigenvalue weighted by Gasteiger charge is -1.96. The van der Waals surface area contributed by atoms with Crippen molar-refractivity contribution in [2.24, 2.45) is 0 Å². The number of carbonyl (C=O) groups is 1. The van der Waals surface area contributed by atoms with Gasteiger partial charge in [-0.1, -0.05) is 66.7 Å². The molecule has 0 aliphatic carbocycles. The van der Waals surface area contributed by atoms with Gasteiger partial charge in [0.05, 0.1) is 0 Å². The first-order valence-electron chi connectivity index (χ1n) is 7.13. The number of benzene rings is 3. The summed E-state index contributed by atoms with van der Waals surface area (Å²) in [5.41, 5.74) is 0.516. The van der Waals surface area contributed by atoms with E-state index in [0.717, 1.165) is 16.2 Å². The second-order valence-corrected chi connectivity index (χ2v) is 5.33. The van der Waals surface area contributed by atoms with Crippen LogP contribution in [0.2, 0.25) is 0 Å². The molecule has 0 aliphatic rings. The van der Waals surface area contributed by atoms with Gasteiger partial charge in [-0.15, -0.1) is 0 Å². The molecule has 0 atom stereocenters. The van der Waals surface area contributed by atoms with Gasteiger partial charge in [0.1, 0.15) is 0 Å². The van der Waals surface area contributed by atoms with Crippen molar-refractivity contribution in [1.82, 2.24) is 0 Å².